The van der Waals surface area contributed by atoms with Gasteiger partial charge in [-0.3, -0.25) is 4.79 Å². The van der Waals surface area contributed by atoms with Gasteiger partial charge in [-0.05, 0) is 57.2 Å². The molecule has 6 heteroatoms. The Hall–Kier alpha value is -2.53. The summed E-state index contributed by atoms with van der Waals surface area (Å²) in [5.41, 5.74) is 1.85. The predicted octanol–water partition coefficient (Wildman–Crippen LogP) is 4.88. The molecule has 0 radical (unpaired) electrons. The van der Waals surface area contributed by atoms with Crippen LogP contribution in [0.1, 0.15) is 38.9 Å². The van der Waals surface area contributed by atoms with Crippen molar-refractivity contribution in [3.8, 4) is 5.75 Å². The molecular weight excluding hydrogens is 386 g/mol. The molecule has 4 rings (SSSR count). The van der Waals surface area contributed by atoms with E-state index in [0.717, 1.165) is 22.6 Å². The first-order valence-electron chi connectivity index (χ1n) is 9.97. The minimum absolute atomic E-state index is 0.0876. The van der Waals surface area contributed by atoms with E-state index >= 15 is 0 Å². The van der Waals surface area contributed by atoms with Gasteiger partial charge in [0.1, 0.15) is 18.2 Å². The number of aromatic nitrogens is 2. The smallest absolute Gasteiger partial charge is 0.223 e. The third-order valence-corrected chi connectivity index (χ3v) is 5.63. The summed E-state index contributed by atoms with van der Waals surface area (Å²) in [5, 5.41) is 0.689. The number of halogens is 1. The minimum Gasteiger partial charge on any atom is -0.492 e. The molecule has 1 atom stereocenters. The Morgan fingerprint density at radius 2 is 1.86 bits per heavy atom. The molecule has 0 aliphatic carbocycles. The van der Waals surface area contributed by atoms with Gasteiger partial charge in [0.25, 0.3) is 0 Å². The SMILES string of the molecule is CC(C)(C)N1C[C@@H](c2nc3ccccc3n2CCOc2ccc(Cl)cc2)CC1=O. The lowest BCUT2D eigenvalue weighted by Crippen LogP contribution is -2.42. The molecule has 0 spiro atoms. The Morgan fingerprint density at radius 3 is 2.55 bits per heavy atom. The van der Waals surface area contributed by atoms with Crippen LogP contribution in [-0.2, 0) is 11.3 Å². The number of ether oxygens (including phenoxy) is 1. The van der Waals surface area contributed by atoms with Crippen LogP contribution in [0, 0.1) is 0 Å². The van der Waals surface area contributed by atoms with E-state index in [1.54, 1.807) is 0 Å². The Bertz CT molecular complexity index is 1020. The second kappa shape index (κ2) is 7.71. The van der Waals surface area contributed by atoms with E-state index < -0.39 is 0 Å². The maximum absolute atomic E-state index is 12.6. The van der Waals surface area contributed by atoms with Crippen molar-refractivity contribution in [2.24, 2.45) is 0 Å². The number of fused-ring (bicyclic) bond motifs is 1. The average molecular weight is 412 g/mol. The second-order valence-electron chi connectivity index (χ2n) is 8.49. The van der Waals surface area contributed by atoms with Crippen molar-refractivity contribution < 1.29 is 9.53 Å². The summed E-state index contributed by atoms with van der Waals surface area (Å²) >= 11 is 5.94. The Kier molecular flexibility index (Phi) is 5.26. The summed E-state index contributed by atoms with van der Waals surface area (Å²) in [6.07, 6.45) is 0.499. The first kappa shape index (κ1) is 19.8. The van der Waals surface area contributed by atoms with Crippen molar-refractivity contribution in [2.45, 2.75) is 45.2 Å². The highest BCUT2D eigenvalue weighted by Gasteiger charge is 2.38. The maximum atomic E-state index is 12.6. The maximum Gasteiger partial charge on any atom is 0.223 e. The molecule has 152 valence electrons. The van der Waals surface area contributed by atoms with E-state index in [4.69, 9.17) is 21.3 Å². The molecule has 1 aliphatic rings. The molecule has 29 heavy (non-hydrogen) atoms. The lowest BCUT2D eigenvalue weighted by Gasteiger charge is -2.32. The number of amides is 1. The number of para-hydroxylation sites is 2. The van der Waals surface area contributed by atoms with Crippen molar-refractivity contribution >= 4 is 28.5 Å². The zero-order chi connectivity index (χ0) is 20.6. The molecular formula is C23H26ClN3O2. The molecule has 1 saturated heterocycles. The highest BCUT2D eigenvalue weighted by atomic mass is 35.5. The fraction of sp³-hybridized carbons (Fsp3) is 0.391. The van der Waals surface area contributed by atoms with E-state index in [9.17, 15) is 4.79 Å². The zero-order valence-electron chi connectivity index (χ0n) is 17.1. The molecule has 0 saturated carbocycles. The summed E-state index contributed by atoms with van der Waals surface area (Å²) in [4.78, 5) is 19.5. The third-order valence-electron chi connectivity index (χ3n) is 5.38. The lowest BCUT2D eigenvalue weighted by molar-refractivity contribution is -0.131. The molecule has 1 amide bonds. The number of likely N-dealkylation sites (tertiary alicyclic amines) is 1. The number of imidazole rings is 1. The lowest BCUT2D eigenvalue weighted by atomic mass is 10.1. The summed E-state index contributed by atoms with van der Waals surface area (Å²) < 4.78 is 8.12. The van der Waals surface area contributed by atoms with E-state index in [0.29, 0.717) is 31.1 Å². The number of rotatable bonds is 5. The average Bonchev–Trinajstić information content (AvgIpc) is 3.24. The van der Waals surface area contributed by atoms with Crippen LogP contribution in [0.5, 0.6) is 5.75 Å². The van der Waals surface area contributed by atoms with Crippen LogP contribution in [0.15, 0.2) is 48.5 Å². The van der Waals surface area contributed by atoms with Gasteiger partial charge in [-0.2, -0.15) is 0 Å². The summed E-state index contributed by atoms with van der Waals surface area (Å²) in [6.45, 7) is 8.11. The fourth-order valence-electron chi connectivity index (χ4n) is 3.96. The number of hydrogen-bond acceptors (Lipinski definition) is 3. The van der Waals surface area contributed by atoms with Crippen molar-refractivity contribution in [3.63, 3.8) is 0 Å². The van der Waals surface area contributed by atoms with E-state index in [-0.39, 0.29) is 17.4 Å². The van der Waals surface area contributed by atoms with Crippen LogP contribution in [0.2, 0.25) is 5.02 Å². The van der Waals surface area contributed by atoms with Crippen LogP contribution in [0.3, 0.4) is 0 Å². The molecule has 0 unspecified atom stereocenters. The van der Waals surface area contributed by atoms with Gasteiger partial charge in [-0.1, -0.05) is 23.7 Å². The van der Waals surface area contributed by atoms with Gasteiger partial charge in [0, 0.05) is 29.4 Å². The number of hydrogen-bond donors (Lipinski definition) is 0. The van der Waals surface area contributed by atoms with Crippen molar-refractivity contribution in [1.82, 2.24) is 14.5 Å². The first-order valence-corrected chi connectivity index (χ1v) is 10.3. The van der Waals surface area contributed by atoms with E-state index in [2.05, 4.69) is 31.4 Å². The normalized spacial score (nSPS) is 17.3. The molecule has 2 heterocycles. The third kappa shape index (κ3) is 4.10. The van der Waals surface area contributed by atoms with Gasteiger partial charge in [-0.25, -0.2) is 4.98 Å². The summed E-state index contributed by atoms with van der Waals surface area (Å²) in [6, 6.07) is 15.5. The molecule has 0 bridgehead atoms. The molecule has 1 fully saturated rings. The molecule has 1 aliphatic heterocycles. The quantitative estimate of drug-likeness (QED) is 0.601. The Labute approximate surface area is 176 Å². The predicted molar refractivity (Wildman–Crippen MR) is 116 cm³/mol. The molecule has 0 N–H and O–H groups in total. The van der Waals surface area contributed by atoms with Crippen LogP contribution in [0.4, 0.5) is 0 Å². The largest absolute Gasteiger partial charge is 0.492 e. The van der Waals surface area contributed by atoms with Crippen LogP contribution in [-0.4, -0.2) is 39.0 Å². The number of nitrogens with zero attached hydrogens (tertiary/aromatic N) is 3. The second-order valence-corrected chi connectivity index (χ2v) is 8.93. The van der Waals surface area contributed by atoms with Gasteiger partial charge in [-0.15, -0.1) is 0 Å². The number of benzene rings is 2. The Morgan fingerprint density at radius 1 is 1.14 bits per heavy atom. The van der Waals surface area contributed by atoms with Crippen LogP contribution in [0.25, 0.3) is 11.0 Å². The van der Waals surface area contributed by atoms with Crippen LogP contribution < -0.4 is 4.74 Å². The molecule has 3 aromatic rings. The monoisotopic (exact) mass is 411 g/mol. The topological polar surface area (TPSA) is 47.4 Å². The first-order chi connectivity index (χ1) is 13.8. The summed E-state index contributed by atoms with van der Waals surface area (Å²) in [5.74, 6) is 2.03. The number of carbonyl (C=O) groups excluding carboxylic acids is 1. The molecule has 5 nitrogen and oxygen atoms in total. The zero-order valence-corrected chi connectivity index (χ0v) is 17.8. The fourth-order valence-corrected chi connectivity index (χ4v) is 4.08. The molecule has 1 aromatic heterocycles. The van der Waals surface area contributed by atoms with Crippen molar-refractivity contribution in [2.75, 3.05) is 13.2 Å². The summed E-state index contributed by atoms with van der Waals surface area (Å²) in [7, 11) is 0. The van der Waals surface area contributed by atoms with Gasteiger partial charge < -0.3 is 14.2 Å². The van der Waals surface area contributed by atoms with E-state index in [1.165, 1.54) is 0 Å². The van der Waals surface area contributed by atoms with Gasteiger partial charge >= 0.3 is 0 Å². The molecule has 2 aromatic carbocycles. The minimum atomic E-state index is -0.180. The van der Waals surface area contributed by atoms with E-state index in [1.807, 2.05) is 47.4 Å². The Balaban J connectivity index is 1.58. The van der Waals surface area contributed by atoms with Crippen molar-refractivity contribution in [3.05, 3.63) is 59.4 Å². The van der Waals surface area contributed by atoms with Gasteiger partial charge in [0.05, 0.1) is 17.6 Å². The highest BCUT2D eigenvalue weighted by molar-refractivity contribution is 6.30. The highest BCUT2D eigenvalue weighted by Crippen LogP contribution is 2.33. The number of carbonyl (C=O) groups is 1. The van der Waals surface area contributed by atoms with Crippen LogP contribution >= 0.6 is 11.6 Å². The van der Waals surface area contributed by atoms with Gasteiger partial charge in [0.2, 0.25) is 5.91 Å². The standard InChI is InChI=1S/C23H26ClN3O2/c1-23(2,3)27-15-16(14-21(27)28)22-25-19-6-4-5-7-20(19)26(22)12-13-29-18-10-8-17(24)9-11-18/h4-11,16H,12-15H2,1-3H3/t16-/m0/s1. The van der Waals surface area contributed by atoms with Gasteiger partial charge in [0.15, 0.2) is 0 Å². The van der Waals surface area contributed by atoms with Crippen molar-refractivity contribution in [1.29, 1.82) is 0 Å².